The number of nitro benzene ring substituents is 1. The number of halogens is 1. The molecule has 0 aromatic heterocycles. The van der Waals surface area contributed by atoms with Crippen LogP contribution in [0.5, 0.6) is 0 Å². The highest BCUT2D eigenvalue weighted by molar-refractivity contribution is 6.31. The van der Waals surface area contributed by atoms with Crippen molar-refractivity contribution in [1.29, 1.82) is 0 Å². The zero-order valence-corrected chi connectivity index (χ0v) is 12.4. The van der Waals surface area contributed by atoms with Gasteiger partial charge in [0.05, 0.1) is 21.6 Å². The average molecular weight is 300 g/mol. The fourth-order valence-electron chi connectivity index (χ4n) is 1.65. The summed E-state index contributed by atoms with van der Waals surface area (Å²) in [7, 11) is 0. The minimum atomic E-state index is -0.484. The molecule has 0 fully saturated rings. The van der Waals surface area contributed by atoms with E-state index in [4.69, 9.17) is 11.6 Å². The third-order valence-electron chi connectivity index (χ3n) is 2.70. The molecular weight excluding hydrogens is 282 g/mol. The topological polar surface area (TPSA) is 84.3 Å². The Morgan fingerprint density at radius 2 is 2.05 bits per heavy atom. The Bertz CT molecular complexity index is 506. The summed E-state index contributed by atoms with van der Waals surface area (Å²) in [4.78, 5) is 22.2. The van der Waals surface area contributed by atoms with Gasteiger partial charge in [-0.1, -0.05) is 17.7 Å². The van der Waals surface area contributed by atoms with Gasteiger partial charge in [0.15, 0.2) is 0 Å². The summed E-state index contributed by atoms with van der Waals surface area (Å²) >= 11 is 5.98. The Morgan fingerprint density at radius 3 is 2.60 bits per heavy atom. The van der Waals surface area contributed by atoms with Crippen molar-refractivity contribution in [3.63, 3.8) is 0 Å². The molecule has 7 heteroatoms. The Hall–Kier alpha value is -1.66. The Kier molecular flexibility index (Phi) is 5.91. The van der Waals surface area contributed by atoms with Gasteiger partial charge in [-0.3, -0.25) is 14.9 Å². The van der Waals surface area contributed by atoms with Crippen molar-refractivity contribution < 1.29 is 9.72 Å². The van der Waals surface area contributed by atoms with Gasteiger partial charge in [0.25, 0.3) is 5.69 Å². The summed E-state index contributed by atoms with van der Waals surface area (Å²) in [5.74, 6) is -0.158. The molecule has 6 nitrogen and oxygen atoms in total. The number of hydrogen-bond donors (Lipinski definition) is 2. The van der Waals surface area contributed by atoms with Crippen LogP contribution < -0.4 is 10.6 Å². The summed E-state index contributed by atoms with van der Waals surface area (Å²) < 4.78 is 0. The fourth-order valence-corrected chi connectivity index (χ4v) is 1.89. The van der Waals surface area contributed by atoms with Gasteiger partial charge in [-0.05, 0) is 26.8 Å². The zero-order chi connectivity index (χ0) is 15.3. The maximum absolute atomic E-state index is 11.7. The monoisotopic (exact) mass is 299 g/mol. The van der Waals surface area contributed by atoms with Gasteiger partial charge in [0, 0.05) is 18.7 Å². The number of amides is 1. The third kappa shape index (κ3) is 4.47. The molecule has 0 saturated heterocycles. The van der Waals surface area contributed by atoms with Crippen LogP contribution in [-0.2, 0) is 11.3 Å². The molecule has 1 aromatic carbocycles. The summed E-state index contributed by atoms with van der Waals surface area (Å²) in [6.07, 6.45) is 0. The maximum Gasteiger partial charge on any atom is 0.275 e. The van der Waals surface area contributed by atoms with E-state index in [0.29, 0.717) is 10.6 Å². The smallest absolute Gasteiger partial charge is 0.275 e. The molecular formula is C13H18ClN3O3. The lowest BCUT2D eigenvalue weighted by molar-refractivity contribution is -0.385. The van der Waals surface area contributed by atoms with Crippen LogP contribution in [0, 0.1) is 10.1 Å². The van der Waals surface area contributed by atoms with E-state index in [0.717, 1.165) is 0 Å². The molecule has 0 aliphatic rings. The molecule has 20 heavy (non-hydrogen) atoms. The first-order chi connectivity index (χ1) is 9.32. The molecule has 1 rings (SSSR count). The first kappa shape index (κ1) is 16.4. The predicted octanol–water partition coefficient (Wildman–Crippen LogP) is 2.25. The standard InChI is InChI=1S/C13H18ClN3O3/c1-8(2)16-13(18)9(3)15-7-10-11(14)5-4-6-12(10)17(19)20/h4-6,8-9,15H,7H2,1-3H3,(H,16,18). The SMILES string of the molecule is CC(C)NC(=O)C(C)NCc1c(Cl)cccc1[N+](=O)[O-]. The van der Waals surface area contributed by atoms with Crippen LogP contribution in [0.25, 0.3) is 0 Å². The van der Waals surface area contributed by atoms with Crippen molar-refractivity contribution in [2.75, 3.05) is 0 Å². The highest BCUT2D eigenvalue weighted by atomic mass is 35.5. The van der Waals surface area contributed by atoms with Gasteiger partial charge in [-0.15, -0.1) is 0 Å². The molecule has 110 valence electrons. The van der Waals surface area contributed by atoms with E-state index in [1.54, 1.807) is 13.0 Å². The summed E-state index contributed by atoms with van der Waals surface area (Å²) in [6.45, 7) is 5.58. The second kappa shape index (κ2) is 7.21. The number of hydrogen-bond acceptors (Lipinski definition) is 4. The molecule has 0 bridgehead atoms. The van der Waals surface area contributed by atoms with Crippen molar-refractivity contribution in [2.24, 2.45) is 0 Å². The second-order valence-electron chi connectivity index (χ2n) is 4.76. The highest BCUT2D eigenvalue weighted by Crippen LogP contribution is 2.25. The lowest BCUT2D eigenvalue weighted by Gasteiger charge is -2.16. The first-order valence-electron chi connectivity index (χ1n) is 6.28. The zero-order valence-electron chi connectivity index (χ0n) is 11.6. The lowest BCUT2D eigenvalue weighted by atomic mass is 10.1. The number of carbonyl (C=O) groups is 1. The van der Waals surface area contributed by atoms with Gasteiger partial charge in [-0.2, -0.15) is 0 Å². The molecule has 0 aliphatic carbocycles. The van der Waals surface area contributed by atoms with Crippen LogP contribution in [0.2, 0.25) is 5.02 Å². The van der Waals surface area contributed by atoms with E-state index < -0.39 is 11.0 Å². The molecule has 1 amide bonds. The fraction of sp³-hybridized carbons (Fsp3) is 0.462. The number of rotatable bonds is 6. The molecule has 0 spiro atoms. The Balaban J connectivity index is 2.75. The average Bonchev–Trinajstić information content (AvgIpc) is 2.35. The van der Waals surface area contributed by atoms with Crippen LogP contribution in [0.3, 0.4) is 0 Å². The largest absolute Gasteiger partial charge is 0.353 e. The summed E-state index contributed by atoms with van der Waals surface area (Å²) in [5, 5.41) is 16.9. The summed E-state index contributed by atoms with van der Waals surface area (Å²) in [6, 6.07) is 4.08. The molecule has 2 N–H and O–H groups in total. The summed E-state index contributed by atoms with van der Waals surface area (Å²) in [5.41, 5.74) is 0.324. The van der Waals surface area contributed by atoms with Crippen LogP contribution in [0.15, 0.2) is 18.2 Å². The van der Waals surface area contributed by atoms with E-state index in [1.165, 1.54) is 12.1 Å². The molecule has 0 heterocycles. The van der Waals surface area contributed by atoms with Crippen molar-refractivity contribution in [2.45, 2.75) is 39.4 Å². The quantitative estimate of drug-likeness (QED) is 0.623. The molecule has 1 atom stereocenters. The van der Waals surface area contributed by atoms with Crippen LogP contribution >= 0.6 is 11.6 Å². The third-order valence-corrected chi connectivity index (χ3v) is 3.05. The molecule has 0 aliphatic heterocycles. The number of carbonyl (C=O) groups excluding carboxylic acids is 1. The van der Waals surface area contributed by atoms with E-state index in [1.807, 2.05) is 13.8 Å². The number of nitro groups is 1. The number of nitrogens with zero attached hydrogens (tertiary/aromatic N) is 1. The maximum atomic E-state index is 11.7. The lowest BCUT2D eigenvalue weighted by Crippen LogP contribution is -2.44. The van der Waals surface area contributed by atoms with Crippen LogP contribution in [0.1, 0.15) is 26.3 Å². The molecule has 0 radical (unpaired) electrons. The first-order valence-corrected chi connectivity index (χ1v) is 6.66. The van der Waals surface area contributed by atoms with Crippen LogP contribution in [-0.4, -0.2) is 22.9 Å². The van der Waals surface area contributed by atoms with E-state index in [-0.39, 0.29) is 24.2 Å². The predicted molar refractivity (Wildman–Crippen MR) is 77.7 cm³/mol. The van der Waals surface area contributed by atoms with Crippen molar-refractivity contribution in [1.82, 2.24) is 10.6 Å². The highest BCUT2D eigenvalue weighted by Gasteiger charge is 2.19. The van der Waals surface area contributed by atoms with Gasteiger partial charge >= 0.3 is 0 Å². The van der Waals surface area contributed by atoms with Gasteiger partial charge in [0.1, 0.15) is 0 Å². The normalized spacial score (nSPS) is 12.2. The van der Waals surface area contributed by atoms with Crippen LogP contribution in [0.4, 0.5) is 5.69 Å². The molecule has 1 unspecified atom stereocenters. The van der Waals surface area contributed by atoms with Gasteiger partial charge in [0.2, 0.25) is 5.91 Å². The number of nitrogens with one attached hydrogen (secondary N) is 2. The minimum absolute atomic E-state index is 0.0430. The minimum Gasteiger partial charge on any atom is -0.353 e. The van der Waals surface area contributed by atoms with Gasteiger partial charge in [-0.25, -0.2) is 0 Å². The Morgan fingerprint density at radius 1 is 1.40 bits per heavy atom. The van der Waals surface area contributed by atoms with Crippen molar-refractivity contribution >= 4 is 23.2 Å². The molecule has 1 aromatic rings. The number of benzene rings is 1. The van der Waals surface area contributed by atoms with Crippen molar-refractivity contribution in [3.05, 3.63) is 38.9 Å². The Labute approximate surface area is 122 Å². The molecule has 0 saturated carbocycles. The van der Waals surface area contributed by atoms with Gasteiger partial charge < -0.3 is 10.6 Å². The van der Waals surface area contributed by atoms with E-state index in [2.05, 4.69) is 10.6 Å². The van der Waals surface area contributed by atoms with E-state index in [9.17, 15) is 14.9 Å². The van der Waals surface area contributed by atoms with Crippen molar-refractivity contribution in [3.8, 4) is 0 Å². The second-order valence-corrected chi connectivity index (χ2v) is 5.17. The van der Waals surface area contributed by atoms with E-state index >= 15 is 0 Å².